The molecule has 0 radical (unpaired) electrons. The van der Waals surface area contributed by atoms with Gasteiger partial charge in [0.15, 0.2) is 5.82 Å². The number of hydrogen-bond acceptors (Lipinski definition) is 11. The number of carbonyl (C=O) groups excluding carboxylic acids is 1. The molecule has 14 heteroatoms. The van der Waals surface area contributed by atoms with Crippen LogP contribution in [0.1, 0.15) is 82.8 Å². The SMILES string of the molecule is COc1nc(-c2c(C)c(C)cc3[nH]ncc23)c(F)c2nc(OCC34CCCC3N(C3CC(C)OC(C)C3)CCC4)nc(N3CCCC4(CNC(=O)O4)C3)c12. The largest absolute Gasteiger partial charge is 0.480 e. The number of nitrogens with zero attached hydrogens (tertiary/aromatic N) is 6. The fourth-order valence-corrected chi connectivity index (χ4v) is 10.6. The molecule has 13 nitrogen and oxygen atoms in total. The molecule has 3 aromatic heterocycles. The predicted octanol–water partition coefficient (Wildman–Crippen LogP) is 6.38. The van der Waals surface area contributed by atoms with Gasteiger partial charge in [-0.3, -0.25) is 10.00 Å². The molecule has 5 aliphatic rings. The van der Waals surface area contributed by atoms with Crippen molar-refractivity contribution in [2.75, 3.05) is 44.8 Å². The van der Waals surface area contributed by atoms with E-state index in [1.165, 1.54) is 7.11 Å². The molecule has 5 atom stereocenters. The van der Waals surface area contributed by atoms with Crippen molar-refractivity contribution in [3.8, 4) is 23.1 Å². The molecule has 7 heterocycles. The number of halogens is 1. The highest BCUT2D eigenvalue weighted by molar-refractivity contribution is 6.01. The van der Waals surface area contributed by atoms with Gasteiger partial charge in [0, 0.05) is 35.0 Å². The van der Waals surface area contributed by atoms with E-state index in [0.29, 0.717) is 61.5 Å². The number of aromatic amines is 1. The van der Waals surface area contributed by atoms with Gasteiger partial charge in [0.2, 0.25) is 5.88 Å². The van der Waals surface area contributed by atoms with Crippen LogP contribution in [0, 0.1) is 25.1 Å². The Bertz CT molecular complexity index is 2100. The topological polar surface area (TPSA) is 140 Å². The molecule has 1 saturated carbocycles. The number of piperidine rings is 2. The Hall–Kier alpha value is -4.30. The zero-order valence-electron chi connectivity index (χ0n) is 32.0. The van der Waals surface area contributed by atoms with Crippen LogP contribution in [0.25, 0.3) is 33.1 Å². The number of fused-ring (bicyclic) bond motifs is 3. The Balaban J connectivity index is 1.14. The molecule has 288 valence electrons. The molecule has 5 unspecified atom stereocenters. The third-order valence-electron chi connectivity index (χ3n) is 13.1. The van der Waals surface area contributed by atoms with Crippen LogP contribution < -0.4 is 19.7 Å². The molecular weight excluding hydrogens is 691 g/mol. The van der Waals surface area contributed by atoms with Crippen molar-refractivity contribution >= 4 is 33.7 Å². The van der Waals surface area contributed by atoms with E-state index in [0.717, 1.165) is 79.9 Å². The second-order valence-corrected chi connectivity index (χ2v) is 16.6. The number of H-pyrrole nitrogens is 1. The molecule has 9 rings (SSSR count). The summed E-state index contributed by atoms with van der Waals surface area (Å²) in [4.78, 5) is 31.8. The van der Waals surface area contributed by atoms with Gasteiger partial charge in [-0.05, 0) is 103 Å². The van der Waals surface area contributed by atoms with E-state index in [9.17, 15) is 4.79 Å². The van der Waals surface area contributed by atoms with E-state index in [1.54, 1.807) is 6.20 Å². The number of nitrogens with one attached hydrogen (secondary N) is 2. The first kappa shape index (κ1) is 35.4. The summed E-state index contributed by atoms with van der Waals surface area (Å²) in [5, 5.41) is 11.2. The lowest BCUT2D eigenvalue weighted by Gasteiger charge is -2.51. The molecule has 54 heavy (non-hydrogen) atoms. The Labute approximate surface area is 314 Å². The predicted molar refractivity (Wildman–Crippen MR) is 202 cm³/mol. The summed E-state index contributed by atoms with van der Waals surface area (Å²) >= 11 is 0. The third kappa shape index (κ3) is 5.91. The summed E-state index contributed by atoms with van der Waals surface area (Å²) in [7, 11) is 1.53. The lowest BCUT2D eigenvalue weighted by molar-refractivity contribution is -0.0967. The van der Waals surface area contributed by atoms with Crippen molar-refractivity contribution in [3.63, 3.8) is 0 Å². The van der Waals surface area contributed by atoms with Crippen LogP contribution in [0.4, 0.5) is 15.0 Å². The average molecular weight is 743 g/mol. The number of methoxy groups -OCH3 is 1. The van der Waals surface area contributed by atoms with Gasteiger partial charge in [0.05, 0.1) is 50.7 Å². The summed E-state index contributed by atoms with van der Waals surface area (Å²) < 4.78 is 42.1. The molecule has 0 bridgehead atoms. The van der Waals surface area contributed by atoms with E-state index >= 15 is 4.39 Å². The van der Waals surface area contributed by atoms with Gasteiger partial charge < -0.3 is 29.2 Å². The van der Waals surface area contributed by atoms with Gasteiger partial charge in [0.1, 0.15) is 28.0 Å². The van der Waals surface area contributed by atoms with E-state index in [4.69, 9.17) is 33.9 Å². The summed E-state index contributed by atoms with van der Waals surface area (Å²) in [6, 6.07) is 3.01. The molecule has 4 aliphatic heterocycles. The highest BCUT2D eigenvalue weighted by Gasteiger charge is 2.51. The van der Waals surface area contributed by atoms with Crippen molar-refractivity contribution in [2.24, 2.45) is 5.41 Å². The molecule has 1 amide bonds. The Morgan fingerprint density at radius 1 is 1.06 bits per heavy atom. The van der Waals surface area contributed by atoms with E-state index in [-0.39, 0.29) is 40.7 Å². The van der Waals surface area contributed by atoms with Crippen molar-refractivity contribution in [2.45, 2.75) is 115 Å². The second kappa shape index (κ2) is 13.5. The first-order chi connectivity index (χ1) is 26.1. The Morgan fingerprint density at radius 3 is 2.63 bits per heavy atom. The minimum absolute atomic E-state index is 0.0500. The monoisotopic (exact) mass is 742 g/mol. The minimum atomic E-state index is -0.723. The first-order valence-corrected chi connectivity index (χ1v) is 19.7. The number of benzene rings is 1. The van der Waals surface area contributed by atoms with Crippen LogP contribution in [0.3, 0.4) is 0 Å². The van der Waals surface area contributed by atoms with Crippen LogP contribution in [-0.4, -0.2) is 106 Å². The number of amides is 1. The molecule has 5 fully saturated rings. The highest BCUT2D eigenvalue weighted by Crippen LogP contribution is 2.50. The molecule has 4 saturated heterocycles. The van der Waals surface area contributed by atoms with Gasteiger partial charge in [-0.25, -0.2) is 14.2 Å². The zero-order valence-corrected chi connectivity index (χ0v) is 32.0. The van der Waals surface area contributed by atoms with Gasteiger partial charge in [-0.1, -0.05) is 6.42 Å². The summed E-state index contributed by atoms with van der Waals surface area (Å²) in [6.07, 6.45) is 10.8. The number of aryl methyl sites for hydroxylation is 1. The lowest BCUT2D eigenvalue weighted by Crippen LogP contribution is -2.57. The lowest BCUT2D eigenvalue weighted by atomic mass is 9.74. The number of aromatic nitrogens is 5. The maximum Gasteiger partial charge on any atom is 0.407 e. The molecule has 2 N–H and O–H groups in total. The minimum Gasteiger partial charge on any atom is -0.480 e. The number of alkyl carbamates (subject to hydrolysis) is 1. The van der Waals surface area contributed by atoms with E-state index < -0.39 is 17.5 Å². The summed E-state index contributed by atoms with van der Waals surface area (Å²) in [6.45, 7) is 11.3. The number of anilines is 1. The van der Waals surface area contributed by atoms with Crippen molar-refractivity contribution in [1.29, 1.82) is 0 Å². The molecule has 4 aromatic rings. The molecule has 1 aliphatic carbocycles. The van der Waals surface area contributed by atoms with Crippen molar-refractivity contribution in [1.82, 2.24) is 35.4 Å². The van der Waals surface area contributed by atoms with Gasteiger partial charge in [0.25, 0.3) is 0 Å². The molecule has 1 aromatic carbocycles. The van der Waals surface area contributed by atoms with Crippen LogP contribution in [0.5, 0.6) is 11.9 Å². The van der Waals surface area contributed by atoms with Gasteiger partial charge >= 0.3 is 12.1 Å². The quantitative estimate of drug-likeness (QED) is 0.218. The normalized spacial score (nSPS) is 30.2. The van der Waals surface area contributed by atoms with Gasteiger partial charge in [-0.15, -0.1) is 0 Å². The summed E-state index contributed by atoms with van der Waals surface area (Å²) in [5.74, 6) is 0.0795. The standard InChI is InChI=1S/C40H51FN8O5/c1-22-15-28-27(18-43-47-28)30(25(22)4)33-32(41)34-31(36(44-33)51-5)35(48-13-8-12-40(20-48)19-42-38(50)54-40)46-37(45-34)52-21-39-10-6-9-29(39)49(14-7-11-39)26-16-23(2)53-24(3)17-26/h15,18,23-24,26,29H,6-14,16-17,19-21H2,1-5H3,(H,42,50)(H,43,47). The van der Waals surface area contributed by atoms with Crippen LogP contribution in [0.15, 0.2) is 12.3 Å². The maximum absolute atomic E-state index is 17.4. The Morgan fingerprint density at radius 2 is 1.85 bits per heavy atom. The number of ether oxygens (including phenoxy) is 4. The van der Waals surface area contributed by atoms with Crippen LogP contribution >= 0.6 is 0 Å². The number of pyridine rings is 1. The first-order valence-electron chi connectivity index (χ1n) is 19.7. The maximum atomic E-state index is 17.4. The van der Waals surface area contributed by atoms with E-state index in [1.807, 2.05) is 24.8 Å². The van der Waals surface area contributed by atoms with E-state index in [2.05, 4.69) is 34.3 Å². The number of hydrogen-bond donors (Lipinski definition) is 2. The fourth-order valence-electron chi connectivity index (χ4n) is 10.6. The smallest absolute Gasteiger partial charge is 0.407 e. The van der Waals surface area contributed by atoms with Crippen molar-refractivity contribution in [3.05, 3.63) is 29.2 Å². The number of likely N-dealkylation sites (tertiary alicyclic amines) is 1. The zero-order chi connectivity index (χ0) is 37.4. The van der Waals surface area contributed by atoms with Crippen LogP contribution in [0.2, 0.25) is 0 Å². The van der Waals surface area contributed by atoms with Crippen LogP contribution in [-0.2, 0) is 9.47 Å². The Kier molecular flexibility index (Phi) is 8.83. The third-order valence-corrected chi connectivity index (χ3v) is 13.1. The highest BCUT2D eigenvalue weighted by atomic mass is 19.1. The number of carbonyl (C=O) groups is 1. The van der Waals surface area contributed by atoms with Gasteiger partial charge in [-0.2, -0.15) is 15.1 Å². The molecule has 1 spiro atoms. The van der Waals surface area contributed by atoms with Crippen molar-refractivity contribution < 1.29 is 28.1 Å². The summed E-state index contributed by atoms with van der Waals surface area (Å²) in [5.41, 5.74) is 2.71. The second-order valence-electron chi connectivity index (χ2n) is 16.6. The number of rotatable bonds is 7. The molecular formula is C40H51FN8O5. The fraction of sp³-hybridized carbons (Fsp3) is 0.625. The average Bonchev–Trinajstić information content (AvgIpc) is 3.90.